The van der Waals surface area contributed by atoms with Crippen LogP contribution >= 0.6 is 0 Å². The van der Waals surface area contributed by atoms with Crippen LogP contribution < -0.4 is 32.6 Å². The van der Waals surface area contributed by atoms with Crippen molar-refractivity contribution >= 4 is 43.7 Å². The molecule has 2 N–H and O–H groups in total. The Labute approximate surface area is 828 Å². The zero-order valence-electron chi connectivity index (χ0n) is 84.6. The zero-order chi connectivity index (χ0) is 97.5. The van der Waals surface area contributed by atoms with E-state index in [1.54, 1.807) is 24.3 Å². The first kappa shape index (κ1) is 96.5. The maximum absolute atomic E-state index is 14.2. The summed E-state index contributed by atoms with van der Waals surface area (Å²) in [5.41, 5.74) is 22.5. The fourth-order valence-corrected chi connectivity index (χ4v) is 27.0. The summed E-state index contributed by atoms with van der Waals surface area (Å²) in [5.74, 6) is 6.10. The van der Waals surface area contributed by atoms with E-state index in [4.69, 9.17) is 0 Å². The first-order valence-corrected chi connectivity index (χ1v) is 52.5. The van der Waals surface area contributed by atoms with Gasteiger partial charge in [0.2, 0.25) is 0 Å². The van der Waals surface area contributed by atoms with Crippen molar-refractivity contribution in [2.24, 2.45) is 58.2 Å². The molecule has 5 fully saturated rings. The lowest BCUT2D eigenvalue weighted by atomic mass is 9.60. The summed E-state index contributed by atoms with van der Waals surface area (Å²) in [6, 6.07) is 82.2. The fourth-order valence-electron chi connectivity index (χ4n) is 27.0. The molecule has 2 aromatic heterocycles. The van der Waals surface area contributed by atoms with Crippen LogP contribution in [0, 0.1) is 58.2 Å². The Morgan fingerprint density at radius 3 is 1.20 bits per heavy atom. The van der Waals surface area contributed by atoms with E-state index in [2.05, 4.69) is 274 Å². The maximum atomic E-state index is 14.2. The van der Waals surface area contributed by atoms with Gasteiger partial charge in [-0.1, -0.05) is 342 Å². The van der Waals surface area contributed by atoms with Crippen LogP contribution in [-0.4, -0.2) is 78.5 Å². The van der Waals surface area contributed by atoms with E-state index in [-0.39, 0.29) is 40.3 Å². The van der Waals surface area contributed by atoms with Gasteiger partial charge in [-0.15, -0.1) is 0 Å². The summed E-state index contributed by atoms with van der Waals surface area (Å²) in [6.07, 6.45) is 36.4. The Kier molecular flexibility index (Phi) is 28.3. The van der Waals surface area contributed by atoms with Crippen LogP contribution in [0.5, 0.6) is 0 Å². The molecule has 13 atom stereocenters. The predicted molar refractivity (Wildman–Crippen MR) is 581 cm³/mol. The zero-order valence-corrected chi connectivity index (χ0v) is 84.6. The molecule has 0 spiro atoms. The standard InChI is InChI=1S/C37H54N4O3.C36H28N4O2.C27H44O.C26H18/c1-24(2)9-7-10-25(3)32-18-19-33-26(11-8-20-37(32,33)4)21-34-31-22-30(42)17-12-27(31)23-39-35(43)40(36(44)41(34)39)29-15-13-28(14-16-29)38(5)6;1-37(2)25-17-19-26(20-18-25)38-35(41)39-29-21-22-30(40(39)36(38)42)34-32(24-13-7-4-8-14-24)28-16-10-9-15-27(28)31(33(29)34)23-11-5-3-6-12-23;1-19(2)8-6-9-21(4)25-15-16-26-22(10-7-17-27(25,26)5)12-13-23-18-24(28)14-11-20(23)3;1-3-11-19(12-4-1)25-21-15-7-9-17-23(21)26(20-13-5-2-6-14-20)24-18-10-8-16-22(24)25/h13-16,21,24-25,30,32-34,42H,7-12,17-20,22-23H2,1-6H3;3-22,29-30H,1-2H3;12-13,19,21,24-26,28H,3,6-11,14-18H2,1-2,4-5H3;1-18H/b26-21+;;22-12+,23-13-;/t25-,30+,32-,33+,34?,37-;;21-,24+,25-,26?,27-;/m1.1./s1. The van der Waals surface area contributed by atoms with E-state index in [1.165, 1.54) is 172 Å². The molecule has 5 heterocycles. The van der Waals surface area contributed by atoms with Gasteiger partial charge in [-0.2, -0.15) is 0 Å². The molecule has 23 rings (SSSR count). The SMILES string of the molecule is C=C1CC[C@H](O)C/C1=C/C=C1\CCC[C@@]2(C)C1CC[C@@H]2[C@H](C)CCCC(C)C.CC(C)CCC[C@@H](C)[C@H]1CC[C@H]2/C(=C/C3C4=C(CC[C@H](O)C4)Cn4c(=O)n(-c5ccc(N(C)C)cc5)c(=O)n43)CCC[C@]12C.CN(C)c1ccc(-n2c(=O)n3n(c2=O)C2C=CC3c3c2c(-c2ccccc2)c2ccccc2c3-c2ccccc2)cc1.c1ccc(-c2c3ccccc3c(-c3ccccc3)c3ccccc23)cc1. The number of anilines is 2. The summed E-state index contributed by atoms with van der Waals surface area (Å²) in [5, 5.41) is 28.3. The van der Waals surface area contributed by atoms with Gasteiger partial charge in [0.1, 0.15) is 0 Å². The quantitative estimate of drug-likeness (QED) is 0.0567. The van der Waals surface area contributed by atoms with Crippen molar-refractivity contribution in [1.29, 1.82) is 0 Å². The lowest BCUT2D eigenvalue weighted by Gasteiger charge is -2.45. The molecule has 11 aromatic carbocycles. The van der Waals surface area contributed by atoms with E-state index in [0.29, 0.717) is 42.1 Å². The molecule has 0 radical (unpaired) electrons. The predicted octanol–water partition coefficient (Wildman–Crippen LogP) is 28.2. The van der Waals surface area contributed by atoms with Gasteiger partial charge in [-0.3, -0.25) is 0 Å². The highest BCUT2D eigenvalue weighted by atomic mass is 16.3. The average molecular weight is 1870 g/mol. The number of allylic oxidation sites excluding steroid dienone is 9. The van der Waals surface area contributed by atoms with Crippen LogP contribution in [0.3, 0.4) is 0 Å². The van der Waals surface area contributed by atoms with Crippen LogP contribution in [0.1, 0.15) is 226 Å². The van der Waals surface area contributed by atoms with Crippen molar-refractivity contribution in [3.8, 4) is 55.9 Å². The molecule has 14 heteroatoms. The minimum absolute atomic E-state index is 0.172. The van der Waals surface area contributed by atoms with E-state index in [0.717, 1.165) is 135 Å². The molecule has 13 aromatic rings. The number of nitrogens with zero attached hydrogens (tertiary/aromatic N) is 8. The highest BCUT2D eigenvalue weighted by Gasteiger charge is 2.53. The lowest BCUT2D eigenvalue weighted by molar-refractivity contribution is 0.0922. The Hall–Kier alpha value is -12.4. The molecular formula is C126H144N8O6. The molecule has 140 heavy (non-hydrogen) atoms. The summed E-state index contributed by atoms with van der Waals surface area (Å²) in [7, 11) is 7.89. The smallest absolute Gasteiger partial charge is 0.352 e. The summed E-state index contributed by atoms with van der Waals surface area (Å²) < 4.78 is 9.36. The molecule has 5 saturated carbocycles. The molecule has 0 amide bonds. The third-order valence-corrected chi connectivity index (χ3v) is 33.9. The summed E-state index contributed by atoms with van der Waals surface area (Å²) in [6.45, 7) is 24.2. The Balaban J connectivity index is 0.000000122. The monoisotopic (exact) mass is 1870 g/mol. The Morgan fingerprint density at radius 1 is 0.407 bits per heavy atom. The third-order valence-electron chi connectivity index (χ3n) is 33.9. The minimum atomic E-state index is -0.435. The van der Waals surface area contributed by atoms with Crippen molar-refractivity contribution in [2.45, 2.75) is 234 Å². The van der Waals surface area contributed by atoms with Gasteiger partial charge < -0.3 is 20.0 Å². The maximum Gasteiger partial charge on any atom is 0.352 e. The highest BCUT2D eigenvalue weighted by molar-refractivity contribution is 6.21. The van der Waals surface area contributed by atoms with Gasteiger partial charge in [-0.25, -0.2) is 47.0 Å². The summed E-state index contributed by atoms with van der Waals surface area (Å²) in [4.78, 5) is 60.5. The Morgan fingerprint density at radius 2 is 0.779 bits per heavy atom. The molecule has 2 bridgehead atoms. The van der Waals surface area contributed by atoms with Crippen molar-refractivity contribution in [1.82, 2.24) is 27.9 Å². The van der Waals surface area contributed by atoms with Crippen molar-refractivity contribution in [2.75, 3.05) is 38.0 Å². The van der Waals surface area contributed by atoms with Gasteiger partial charge in [0.15, 0.2) is 0 Å². The molecule has 4 unspecified atom stereocenters. The normalized spacial score (nSPS) is 23.9. The third kappa shape index (κ3) is 18.5. The number of aliphatic hydroxyl groups excluding tert-OH is 2. The highest BCUT2D eigenvalue weighted by Crippen LogP contribution is 2.63. The van der Waals surface area contributed by atoms with Crippen LogP contribution in [0.4, 0.5) is 11.4 Å². The molecule has 0 saturated heterocycles. The second-order valence-corrected chi connectivity index (χ2v) is 43.9. The second-order valence-electron chi connectivity index (χ2n) is 43.9. The van der Waals surface area contributed by atoms with E-state index >= 15 is 0 Å². The van der Waals surface area contributed by atoms with Crippen LogP contribution in [0.2, 0.25) is 0 Å². The number of hydrogen-bond donors (Lipinski definition) is 2. The van der Waals surface area contributed by atoms with Gasteiger partial charge >= 0.3 is 22.8 Å². The first-order chi connectivity index (χ1) is 67.8. The van der Waals surface area contributed by atoms with Crippen molar-refractivity contribution in [3.63, 3.8) is 0 Å². The van der Waals surface area contributed by atoms with Crippen molar-refractivity contribution < 1.29 is 10.2 Å². The van der Waals surface area contributed by atoms with Gasteiger partial charge in [0.25, 0.3) is 0 Å². The van der Waals surface area contributed by atoms with Gasteiger partial charge in [0.05, 0.1) is 48.3 Å². The average Bonchev–Trinajstić information content (AvgIpc) is 1.42. The topological polar surface area (TPSA) is 145 Å². The number of rotatable bonds is 20. The first-order valence-electron chi connectivity index (χ1n) is 52.5. The molecule has 3 aliphatic heterocycles. The molecule has 14 nitrogen and oxygen atoms in total. The second kappa shape index (κ2) is 41.1. The Bertz CT molecular complexity index is 6850. The van der Waals surface area contributed by atoms with E-state index in [1.807, 2.05) is 98.7 Å². The number of fused-ring (bicyclic) bond motifs is 6. The lowest BCUT2D eigenvalue weighted by Crippen LogP contribution is -2.41. The van der Waals surface area contributed by atoms with E-state index < -0.39 is 18.2 Å². The summed E-state index contributed by atoms with van der Waals surface area (Å²) >= 11 is 0. The van der Waals surface area contributed by atoms with Crippen molar-refractivity contribution in [3.05, 3.63) is 366 Å². The van der Waals surface area contributed by atoms with Crippen LogP contribution in [0.25, 0.3) is 88.2 Å². The number of hydrogen-bond acceptors (Lipinski definition) is 8. The molecular weight excluding hydrogens is 1720 g/mol. The van der Waals surface area contributed by atoms with Crippen LogP contribution in [-0.2, 0) is 6.54 Å². The molecule has 724 valence electrons. The molecule has 7 aliphatic carbocycles. The minimum Gasteiger partial charge on any atom is -0.393 e. The van der Waals surface area contributed by atoms with Gasteiger partial charge in [0, 0.05) is 39.6 Å². The number of benzene rings is 11. The van der Waals surface area contributed by atoms with E-state index in [9.17, 15) is 29.4 Å². The fraction of sp³-hybridized carbons (Fsp3) is 0.397. The number of aliphatic hydroxyl groups is 2. The largest absolute Gasteiger partial charge is 0.393 e. The number of aromatic nitrogens is 6. The van der Waals surface area contributed by atoms with Gasteiger partial charge in [-0.05, 0) is 314 Å². The van der Waals surface area contributed by atoms with Crippen LogP contribution in [0.15, 0.2) is 332 Å². The molecule has 10 aliphatic rings.